The molecule has 4 rings (SSSR count). The Labute approximate surface area is 186 Å². The zero-order valence-corrected chi connectivity index (χ0v) is 18.6. The van der Waals surface area contributed by atoms with Crippen molar-refractivity contribution in [3.8, 4) is 11.4 Å². The van der Waals surface area contributed by atoms with Crippen LogP contribution in [0.2, 0.25) is 0 Å². The van der Waals surface area contributed by atoms with Gasteiger partial charge in [0.25, 0.3) is 11.5 Å². The van der Waals surface area contributed by atoms with Gasteiger partial charge in [0.2, 0.25) is 0 Å². The zero-order valence-electron chi connectivity index (χ0n) is 18.6. The Kier molecular flexibility index (Phi) is 5.77. The molecule has 0 saturated carbocycles. The topological polar surface area (TPSA) is 64.4 Å². The van der Waals surface area contributed by atoms with Crippen LogP contribution in [0.1, 0.15) is 34.7 Å². The molecule has 1 aromatic heterocycles. The van der Waals surface area contributed by atoms with Crippen LogP contribution in [0.15, 0.2) is 77.6 Å². The summed E-state index contributed by atoms with van der Waals surface area (Å²) in [6.07, 6.45) is 0. The van der Waals surface area contributed by atoms with Crippen LogP contribution in [0.5, 0.6) is 5.75 Å². The van der Waals surface area contributed by atoms with Gasteiger partial charge in [-0.1, -0.05) is 30.3 Å². The number of ether oxygens (including phenoxy) is 1. The third kappa shape index (κ3) is 3.87. The number of hydrogen-bond acceptors (Lipinski definition) is 4. The molecule has 0 spiro atoms. The minimum absolute atomic E-state index is 0.162. The van der Waals surface area contributed by atoms with E-state index in [-0.39, 0.29) is 11.5 Å². The van der Waals surface area contributed by atoms with Crippen LogP contribution in [0.4, 0.5) is 0 Å². The molecule has 1 amide bonds. The van der Waals surface area contributed by atoms with E-state index >= 15 is 0 Å². The van der Waals surface area contributed by atoms with Gasteiger partial charge in [0.1, 0.15) is 11.6 Å². The summed E-state index contributed by atoms with van der Waals surface area (Å²) in [6, 6.07) is 21.5. The first-order valence-corrected chi connectivity index (χ1v) is 10.4. The molecule has 32 heavy (non-hydrogen) atoms. The lowest BCUT2D eigenvalue weighted by atomic mass is 10.1. The second kappa shape index (κ2) is 8.67. The number of aryl methyl sites for hydroxylation is 1. The van der Waals surface area contributed by atoms with Crippen molar-refractivity contribution in [1.82, 2.24) is 14.5 Å². The van der Waals surface area contributed by atoms with E-state index in [2.05, 4.69) is 0 Å². The maximum Gasteiger partial charge on any atom is 0.266 e. The molecule has 0 fully saturated rings. The maximum atomic E-state index is 13.5. The maximum absolute atomic E-state index is 13.5. The molecule has 162 valence electrons. The molecule has 0 aliphatic rings. The molecule has 0 aliphatic heterocycles. The van der Waals surface area contributed by atoms with Crippen molar-refractivity contribution in [3.05, 3.63) is 100 Å². The molecule has 1 atom stereocenters. The second-order valence-corrected chi connectivity index (χ2v) is 7.79. The largest absolute Gasteiger partial charge is 0.497 e. The number of fused-ring (bicyclic) bond motifs is 1. The van der Waals surface area contributed by atoms with Gasteiger partial charge in [-0.3, -0.25) is 14.2 Å². The minimum atomic E-state index is -0.466. The van der Waals surface area contributed by atoms with Gasteiger partial charge in [0.15, 0.2) is 0 Å². The van der Waals surface area contributed by atoms with Gasteiger partial charge in [-0.25, -0.2) is 4.98 Å². The van der Waals surface area contributed by atoms with E-state index in [0.717, 1.165) is 11.3 Å². The molecule has 0 saturated heterocycles. The monoisotopic (exact) mass is 427 g/mol. The quantitative estimate of drug-likeness (QED) is 0.469. The zero-order chi connectivity index (χ0) is 22.8. The smallest absolute Gasteiger partial charge is 0.266 e. The van der Waals surface area contributed by atoms with E-state index in [1.165, 1.54) is 0 Å². The Bertz CT molecular complexity index is 1360. The Morgan fingerprint density at radius 3 is 2.53 bits per heavy atom. The Morgan fingerprint density at radius 1 is 1.03 bits per heavy atom. The van der Waals surface area contributed by atoms with Crippen molar-refractivity contribution in [3.63, 3.8) is 0 Å². The van der Waals surface area contributed by atoms with E-state index in [9.17, 15) is 9.59 Å². The van der Waals surface area contributed by atoms with Crippen molar-refractivity contribution in [2.75, 3.05) is 14.2 Å². The predicted molar refractivity (Wildman–Crippen MR) is 126 cm³/mol. The molecular weight excluding hydrogens is 402 g/mol. The molecule has 6 nitrogen and oxygen atoms in total. The number of carbonyl (C=O) groups is 1. The summed E-state index contributed by atoms with van der Waals surface area (Å²) in [4.78, 5) is 33.2. The van der Waals surface area contributed by atoms with Crippen LogP contribution in [-0.4, -0.2) is 34.5 Å². The summed E-state index contributed by atoms with van der Waals surface area (Å²) in [6.45, 7) is 3.85. The van der Waals surface area contributed by atoms with Gasteiger partial charge in [-0.2, -0.15) is 0 Å². The highest BCUT2D eigenvalue weighted by atomic mass is 16.5. The highest BCUT2D eigenvalue weighted by molar-refractivity contribution is 5.94. The summed E-state index contributed by atoms with van der Waals surface area (Å²) in [7, 11) is 3.28. The predicted octanol–water partition coefficient (Wildman–Crippen LogP) is 4.54. The van der Waals surface area contributed by atoms with E-state index in [4.69, 9.17) is 9.72 Å². The molecule has 0 radical (unpaired) electrons. The van der Waals surface area contributed by atoms with E-state index in [1.807, 2.05) is 56.3 Å². The Hall–Kier alpha value is -3.93. The van der Waals surface area contributed by atoms with Crippen LogP contribution < -0.4 is 10.3 Å². The van der Waals surface area contributed by atoms with Crippen LogP contribution in [-0.2, 0) is 0 Å². The molecule has 6 heteroatoms. The first-order chi connectivity index (χ1) is 15.4. The number of para-hydroxylation sites is 1. The third-order valence-corrected chi connectivity index (χ3v) is 5.65. The number of methoxy groups -OCH3 is 1. The number of amides is 1. The van der Waals surface area contributed by atoms with E-state index in [1.54, 1.807) is 54.0 Å². The van der Waals surface area contributed by atoms with Crippen molar-refractivity contribution in [1.29, 1.82) is 0 Å². The van der Waals surface area contributed by atoms with Gasteiger partial charge in [0, 0.05) is 12.6 Å². The van der Waals surface area contributed by atoms with Crippen LogP contribution in [0, 0.1) is 6.92 Å². The summed E-state index contributed by atoms with van der Waals surface area (Å²) in [5, 5.41) is 0.534. The normalized spacial score (nSPS) is 11.9. The summed E-state index contributed by atoms with van der Waals surface area (Å²) in [5.41, 5.74) is 2.69. The van der Waals surface area contributed by atoms with E-state index in [0.29, 0.717) is 28.0 Å². The number of rotatable bonds is 5. The molecule has 1 heterocycles. The van der Waals surface area contributed by atoms with Gasteiger partial charge >= 0.3 is 0 Å². The SMILES string of the molecule is COc1cccc(C(=O)N(C)C(C)c2nc3ccccc3c(=O)n2-c2cccc(C)c2)c1. The fraction of sp³-hybridized carbons (Fsp3) is 0.192. The van der Waals surface area contributed by atoms with Crippen LogP contribution in [0.3, 0.4) is 0 Å². The first kappa shape index (κ1) is 21.3. The standard InChI is InChI=1S/C26H25N3O3/c1-17-9-7-11-20(15-17)29-24(27-23-14-6-5-13-22(23)26(29)31)18(2)28(3)25(30)19-10-8-12-21(16-19)32-4/h5-16,18H,1-4H3. The molecule has 3 aromatic carbocycles. The van der Waals surface area contributed by atoms with Crippen molar-refractivity contribution >= 4 is 16.8 Å². The van der Waals surface area contributed by atoms with Gasteiger partial charge in [-0.05, 0) is 61.9 Å². The number of nitrogens with zero attached hydrogens (tertiary/aromatic N) is 3. The minimum Gasteiger partial charge on any atom is -0.497 e. The third-order valence-electron chi connectivity index (χ3n) is 5.65. The number of aromatic nitrogens is 2. The van der Waals surface area contributed by atoms with Crippen molar-refractivity contribution in [2.45, 2.75) is 19.9 Å². The lowest BCUT2D eigenvalue weighted by Gasteiger charge is -2.27. The molecular formula is C26H25N3O3. The number of carbonyl (C=O) groups excluding carboxylic acids is 1. The highest BCUT2D eigenvalue weighted by Crippen LogP contribution is 2.24. The van der Waals surface area contributed by atoms with Crippen LogP contribution in [0.25, 0.3) is 16.6 Å². The molecule has 0 bridgehead atoms. The molecule has 0 N–H and O–H groups in total. The Morgan fingerprint density at radius 2 is 1.78 bits per heavy atom. The Balaban J connectivity index is 1.86. The molecule has 1 unspecified atom stereocenters. The summed E-state index contributed by atoms with van der Waals surface area (Å²) >= 11 is 0. The molecule has 0 aliphatic carbocycles. The number of hydrogen-bond donors (Lipinski definition) is 0. The highest BCUT2D eigenvalue weighted by Gasteiger charge is 2.25. The van der Waals surface area contributed by atoms with Gasteiger partial charge in [-0.15, -0.1) is 0 Å². The second-order valence-electron chi connectivity index (χ2n) is 7.79. The van der Waals surface area contributed by atoms with Crippen molar-refractivity contribution < 1.29 is 9.53 Å². The average Bonchev–Trinajstić information content (AvgIpc) is 2.82. The number of benzene rings is 3. The average molecular weight is 428 g/mol. The fourth-order valence-electron chi connectivity index (χ4n) is 3.76. The van der Waals surface area contributed by atoms with Gasteiger partial charge in [0.05, 0.1) is 29.7 Å². The first-order valence-electron chi connectivity index (χ1n) is 10.4. The van der Waals surface area contributed by atoms with Crippen LogP contribution >= 0.6 is 0 Å². The fourth-order valence-corrected chi connectivity index (χ4v) is 3.76. The summed E-state index contributed by atoms with van der Waals surface area (Å²) in [5.74, 6) is 0.921. The summed E-state index contributed by atoms with van der Waals surface area (Å²) < 4.78 is 6.86. The van der Waals surface area contributed by atoms with E-state index < -0.39 is 6.04 Å². The lowest BCUT2D eigenvalue weighted by molar-refractivity contribution is 0.0734. The molecule has 4 aromatic rings. The van der Waals surface area contributed by atoms with Crippen molar-refractivity contribution in [2.24, 2.45) is 0 Å². The lowest BCUT2D eigenvalue weighted by Crippen LogP contribution is -2.34. The van der Waals surface area contributed by atoms with Gasteiger partial charge < -0.3 is 9.64 Å².